The Hall–Kier alpha value is -3.68. The van der Waals surface area contributed by atoms with Gasteiger partial charge in [-0.2, -0.15) is 0 Å². The molecule has 0 saturated carbocycles. The number of fused-ring (bicyclic) bond motifs is 1. The Morgan fingerprint density at radius 3 is 2.69 bits per heavy atom. The van der Waals surface area contributed by atoms with Crippen molar-refractivity contribution in [3.05, 3.63) is 75.9 Å². The summed E-state index contributed by atoms with van der Waals surface area (Å²) in [5, 5.41) is 3.22. The van der Waals surface area contributed by atoms with Crippen LogP contribution >= 0.6 is 0 Å². The Balaban J connectivity index is 1.46. The van der Waals surface area contributed by atoms with Gasteiger partial charge in [0, 0.05) is 29.6 Å². The molecule has 0 radical (unpaired) electrons. The average molecular weight is 399 g/mol. The van der Waals surface area contributed by atoms with Crippen LogP contribution in [-0.2, 0) is 20.9 Å². The molecule has 0 atom stereocenters. The van der Waals surface area contributed by atoms with E-state index in [1.165, 1.54) is 18.2 Å². The van der Waals surface area contributed by atoms with Gasteiger partial charge in [0.1, 0.15) is 17.1 Å². The van der Waals surface area contributed by atoms with Crippen molar-refractivity contribution in [2.45, 2.75) is 13.5 Å². The molecule has 29 heavy (non-hydrogen) atoms. The van der Waals surface area contributed by atoms with Crippen LogP contribution in [0.3, 0.4) is 0 Å². The summed E-state index contributed by atoms with van der Waals surface area (Å²) in [5.41, 5.74) is 0.957. The van der Waals surface area contributed by atoms with Gasteiger partial charge in [-0.15, -0.1) is 0 Å². The summed E-state index contributed by atoms with van der Waals surface area (Å²) in [5.74, 6) is -1.44. The molecule has 0 spiro atoms. The van der Waals surface area contributed by atoms with Crippen molar-refractivity contribution in [3.8, 4) is 5.75 Å². The van der Waals surface area contributed by atoms with Gasteiger partial charge in [0.2, 0.25) is 0 Å². The molecule has 150 valence electrons. The lowest BCUT2D eigenvalue weighted by molar-refractivity contribution is -0.150. The predicted octanol–water partition coefficient (Wildman–Crippen LogP) is 2.48. The quantitative estimate of drug-likeness (QED) is 0.485. The Bertz CT molecular complexity index is 1110. The van der Waals surface area contributed by atoms with Crippen LogP contribution in [0.1, 0.15) is 11.1 Å². The fraction of sp³-hybridized carbons (Fsp3) is 0.190. The number of carbonyl (C=O) groups is 2. The highest BCUT2D eigenvalue weighted by Gasteiger charge is 2.10. The second-order valence-electron chi connectivity index (χ2n) is 6.22. The number of hydrogen-bond acceptors (Lipinski definition) is 6. The number of benzene rings is 2. The molecule has 3 aromatic rings. The van der Waals surface area contributed by atoms with Crippen LogP contribution < -0.4 is 15.7 Å². The molecule has 3 rings (SSSR count). The molecule has 0 aliphatic carbocycles. The van der Waals surface area contributed by atoms with Crippen molar-refractivity contribution in [2.24, 2.45) is 0 Å². The Morgan fingerprint density at radius 1 is 1.10 bits per heavy atom. The van der Waals surface area contributed by atoms with Crippen molar-refractivity contribution in [1.29, 1.82) is 0 Å². The van der Waals surface area contributed by atoms with Crippen molar-refractivity contribution in [2.75, 3.05) is 13.2 Å². The molecule has 0 aliphatic rings. The molecule has 0 saturated heterocycles. The first-order valence-electron chi connectivity index (χ1n) is 8.75. The van der Waals surface area contributed by atoms with Gasteiger partial charge >= 0.3 is 11.6 Å². The zero-order valence-electron chi connectivity index (χ0n) is 15.6. The number of amides is 1. The molecule has 0 unspecified atom stereocenters. The predicted molar refractivity (Wildman–Crippen MR) is 102 cm³/mol. The van der Waals surface area contributed by atoms with Gasteiger partial charge in [0.25, 0.3) is 5.91 Å². The lowest BCUT2D eigenvalue weighted by atomic mass is 10.1. The van der Waals surface area contributed by atoms with E-state index in [0.717, 1.165) is 10.9 Å². The summed E-state index contributed by atoms with van der Waals surface area (Å²) in [7, 11) is 0. The van der Waals surface area contributed by atoms with E-state index in [4.69, 9.17) is 13.9 Å². The van der Waals surface area contributed by atoms with E-state index < -0.39 is 36.5 Å². The van der Waals surface area contributed by atoms with Crippen LogP contribution in [0.4, 0.5) is 4.39 Å². The summed E-state index contributed by atoms with van der Waals surface area (Å²) in [6, 6.07) is 12.3. The third kappa shape index (κ3) is 5.41. The van der Waals surface area contributed by atoms with Crippen LogP contribution in [0, 0.1) is 12.7 Å². The fourth-order valence-electron chi connectivity index (χ4n) is 2.61. The van der Waals surface area contributed by atoms with Crippen LogP contribution in [0.2, 0.25) is 0 Å². The van der Waals surface area contributed by atoms with Gasteiger partial charge in [0.05, 0.1) is 0 Å². The fourth-order valence-corrected chi connectivity index (χ4v) is 2.61. The van der Waals surface area contributed by atoms with Crippen molar-refractivity contribution in [1.82, 2.24) is 5.32 Å². The molecule has 8 heteroatoms. The first-order valence-corrected chi connectivity index (χ1v) is 8.75. The van der Waals surface area contributed by atoms with Gasteiger partial charge in [-0.25, -0.2) is 14.0 Å². The van der Waals surface area contributed by atoms with Crippen LogP contribution in [0.15, 0.2) is 57.7 Å². The van der Waals surface area contributed by atoms with Crippen LogP contribution in [-0.4, -0.2) is 25.1 Å². The molecular weight excluding hydrogens is 381 g/mol. The van der Waals surface area contributed by atoms with E-state index in [9.17, 15) is 18.8 Å². The topological polar surface area (TPSA) is 94.8 Å². The minimum absolute atomic E-state index is 0.0126. The van der Waals surface area contributed by atoms with Gasteiger partial charge in [-0.05, 0) is 30.7 Å². The summed E-state index contributed by atoms with van der Waals surface area (Å²) in [6.07, 6.45) is 0. The standard InChI is InChI=1S/C21H18FNO6/c1-13-8-20(25)29-18-9-15(6-7-16(13)18)27-12-21(26)28-11-19(24)23-10-14-4-2-3-5-17(14)22/h2-9H,10-12H2,1H3,(H,23,24). The Morgan fingerprint density at radius 2 is 1.90 bits per heavy atom. The van der Waals surface area contributed by atoms with Gasteiger partial charge in [-0.3, -0.25) is 4.79 Å². The number of aryl methyl sites for hydroxylation is 1. The molecule has 0 fully saturated rings. The monoisotopic (exact) mass is 399 g/mol. The maximum absolute atomic E-state index is 13.5. The van der Waals surface area contributed by atoms with Gasteiger partial charge < -0.3 is 19.2 Å². The van der Waals surface area contributed by atoms with E-state index >= 15 is 0 Å². The third-order valence-corrected chi connectivity index (χ3v) is 4.08. The number of nitrogens with one attached hydrogen (secondary N) is 1. The van der Waals surface area contributed by atoms with Gasteiger partial charge in [-0.1, -0.05) is 18.2 Å². The number of ether oxygens (including phenoxy) is 2. The lowest BCUT2D eigenvalue weighted by Gasteiger charge is -2.09. The first kappa shape index (κ1) is 20.1. The second-order valence-corrected chi connectivity index (χ2v) is 6.22. The molecule has 7 nitrogen and oxygen atoms in total. The highest BCUT2D eigenvalue weighted by Crippen LogP contribution is 2.22. The highest BCUT2D eigenvalue weighted by molar-refractivity contribution is 5.82. The average Bonchev–Trinajstić information content (AvgIpc) is 2.69. The van der Waals surface area contributed by atoms with Crippen LogP contribution in [0.5, 0.6) is 5.75 Å². The maximum Gasteiger partial charge on any atom is 0.344 e. The largest absolute Gasteiger partial charge is 0.482 e. The molecular formula is C21H18FNO6. The van der Waals surface area contributed by atoms with E-state index in [2.05, 4.69) is 5.32 Å². The van der Waals surface area contributed by atoms with Gasteiger partial charge in [0.15, 0.2) is 13.2 Å². The number of halogens is 1. The van der Waals surface area contributed by atoms with Crippen LogP contribution in [0.25, 0.3) is 11.0 Å². The Kier molecular flexibility index (Phi) is 6.23. The van der Waals surface area contributed by atoms with Crippen molar-refractivity contribution in [3.63, 3.8) is 0 Å². The Labute approximate surface area is 165 Å². The number of rotatable bonds is 7. The second kappa shape index (κ2) is 9.01. The highest BCUT2D eigenvalue weighted by atomic mass is 19.1. The zero-order chi connectivity index (χ0) is 20.8. The summed E-state index contributed by atoms with van der Waals surface area (Å²) in [6.45, 7) is 0.834. The smallest absolute Gasteiger partial charge is 0.344 e. The van der Waals surface area contributed by atoms with E-state index in [-0.39, 0.29) is 6.54 Å². The van der Waals surface area contributed by atoms with E-state index in [1.807, 2.05) is 0 Å². The molecule has 1 amide bonds. The summed E-state index contributed by atoms with van der Waals surface area (Å²) >= 11 is 0. The molecule has 1 heterocycles. The molecule has 0 aliphatic heterocycles. The molecule has 1 N–H and O–H groups in total. The minimum atomic E-state index is -0.753. The third-order valence-electron chi connectivity index (χ3n) is 4.08. The first-order chi connectivity index (χ1) is 13.9. The SMILES string of the molecule is Cc1cc(=O)oc2cc(OCC(=O)OCC(=O)NCc3ccccc3F)ccc12. The normalized spacial score (nSPS) is 10.6. The summed E-state index contributed by atoms with van der Waals surface area (Å²) in [4.78, 5) is 34.9. The molecule has 1 aromatic heterocycles. The minimum Gasteiger partial charge on any atom is -0.482 e. The maximum atomic E-state index is 13.5. The lowest BCUT2D eigenvalue weighted by Crippen LogP contribution is -2.29. The van der Waals surface area contributed by atoms with E-state index in [0.29, 0.717) is 16.9 Å². The van der Waals surface area contributed by atoms with Crippen molar-refractivity contribution < 1.29 is 27.9 Å². The zero-order valence-corrected chi connectivity index (χ0v) is 15.6. The number of carbonyl (C=O) groups excluding carboxylic acids is 2. The number of esters is 1. The van der Waals surface area contributed by atoms with E-state index in [1.54, 1.807) is 37.3 Å². The molecule has 2 aromatic carbocycles. The summed E-state index contributed by atoms with van der Waals surface area (Å²) < 4.78 is 28.7. The number of hydrogen-bond donors (Lipinski definition) is 1. The molecule has 0 bridgehead atoms. The van der Waals surface area contributed by atoms with Crippen molar-refractivity contribution >= 4 is 22.8 Å².